The molecule has 6 nitrogen and oxygen atoms in total. The summed E-state index contributed by atoms with van der Waals surface area (Å²) in [6.45, 7) is 2.10. The summed E-state index contributed by atoms with van der Waals surface area (Å²) < 4.78 is 0. The van der Waals surface area contributed by atoms with Crippen LogP contribution in [0.15, 0.2) is 72.4 Å². The molecule has 0 unspecified atom stereocenters. The number of likely N-dealkylation sites (tertiary alicyclic amines) is 1. The summed E-state index contributed by atoms with van der Waals surface area (Å²) in [7, 11) is 0. The molecule has 0 bridgehead atoms. The largest absolute Gasteiger partial charge is 0.390 e. The van der Waals surface area contributed by atoms with Gasteiger partial charge in [0.1, 0.15) is 11.6 Å². The van der Waals surface area contributed by atoms with E-state index < -0.39 is 5.91 Å². The van der Waals surface area contributed by atoms with Crippen molar-refractivity contribution in [1.82, 2.24) is 15.5 Å². The molecule has 1 aliphatic heterocycles. The van der Waals surface area contributed by atoms with Crippen LogP contribution in [0.3, 0.4) is 0 Å². The van der Waals surface area contributed by atoms with Gasteiger partial charge in [-0.2, -0.15) is 5.26 Å². The van der Waals surface area contributed by atoms with Gasteiger partial charge < -0.3 is 15.5 Å². The third-order valence-electron chi connectivity index (χ3n) is 5.07. The van der Waals surface area contributed by atoms with E-state index >= 15 is 0 Å². The lowest BCUT2D eigenvalue weighted by Gasteiger charge is -2.19. The van der Waals surface area contributed by atoms with Crippen LogP contribution >= 0.6 is 0 Å². The summed E-state index contributed by atoms with van der Waals surface area (Å²) >= 11 is 0. The Balaban J connectivity index is 1.60. The summed E-state index contributed by atoms with van der Waals surface area (Å²) in [5.74, 6) is -0.229. The quantitative estimate of drug-likeness (QED) is 0.384. The Labute approximate surface area is 177 Å². The van der Waals surface area contributed by atoms with Crippen LogP contribution in [0, 0.1) is 11.3 Å². The topological polar surface area (TPSA) is 85.2 Å². The van der Waals surface area contributed by atoms with Crippen LogP contribution in [0.2, 0.25) is 0 Å². The smallest absolute Gasteiger partial charge is 0.264 e. The Hall–Kier alpha value is -3.59. The van der Waals surface area contributed by atoms with E-state index in [1.165, 1.54) is 6.20 Å². The SMILES string of the molecule is N#C/C(=C/NCCCN1CCCC1=O)C(=O)NC(c1ccccc1)c1ccccc1. The molecule has 0 spiro atoms. The highest BCUT2D eigenvalue weighted by molar-refractivity contribution is 5.97. The van der Waals surface area contributed by atoms with Crippen LogP contribution < -0.4 is 10.6 Å². The van der Waals surface area contributed by atoms with Crippen LogP contribution in [0.5, 0.6) is 0 Å². The molecule has 2 aromatic carbocycles. The molecule has 0 saturated carbocycles. The maximum atomic E-state index is 12.8. The molecule has 3 rings (SSSR count). The maximum Gasteiger partial charge on any atom is 0.264 e. The van der Waals surface area contributed by atoms with Crippen molar-refractivity contribution in [1.29, 1.82) is 5.26 Å². The fourth-order valence-corrected chi connectivity index (χ4v) is 3.49. The number of hydrogen-bond donors (Lipinski definition) is 2. The standard InChI is InChI=1S/C24H26N4O2/c25-17-21(18-26-14-8-16-28-15-7-13-22(28)29)24(30)27-23(19-9-3-1-4-10-19)20-11-5-2-6-12-20/h1-6,9-12,18,23,26H,7-8,13-16H2,(H,27,30)/b21-18-. The van der Waals surface area contributed by atoms with Crippen molar-refractivity contribution in [2.75, 3.05) is 19.6 Å². The predicted octanol–water partition coefficient (Wildman–Crippen LogP) is 2.90. The third-order valence-corrected chi connectivity index (χ3v) is 5.07. The Morgan fingerprint density at radius 2 is 1.73 bits per heavy atom. The molecule has 0 atom stereocenters. The number of nitrogens with zero attached hydrogens (tertiary/aromatic N) is 2. The Bertz CT molecular complexity index is 880. The van der Waals surface area contributed by atoms with E-state index in [0.717, 1.165) is 30.5 Å². The number of carbonyl (C=O) groups excluding carboxylic acids is 2. The molecule has 2 N–H and O–H groups in total. The zero-order valence-electron chi connectivity index (χ0n) is 16.9. The summed E-state index contributed by atoms with van der Waals surface area (Å²) in [5.41, 5.74) is 1.90. The summed E-state index contributed by atoms with van der Waals surface area (Å²) in [6, 6.07) is 21.0. The highest BCUT2D eigenvalue weighted by Crippen LogP contribution is 2.22. The minimum absolute atomic E-state index is 0.0177. The molecule has 0 aliphatic carbocycles. The molecule has 6 heteroatoms. The van der Waals surface area contributed by atoms with E-state index in [9.17, 15) is 14.9 Å². The van der Waals surface area contributed by atoms with Crippen LogP contribution in [-0.2, 0) is 9.59 Å². The predicted molar refractivity (Wildman–Crippen MR) is 115 cm³/mol. The fourth-order valence-electron chi connectivity index (χ4n) is 3.49. The zero-order chi connectivity index (χ0) is 21.2. The van der Waals surface area contributed by atoms with Gasteiger partial charge >= 0.3 is 0 Å². The van der Waals surface area contributed by atoms with E-state index in [0.29, 0.717) is 19.5 Å². The molecule has 1 saturated heterocycles. The lowest BCUT2D eigenvalue weighted by molar-refractivity contribution is -0.127. The van der Waals surface area contributed by atoms with Crippen molar-refractivity contribution >= 4 is 11.8 Å². The summed E-state index contributed by atoms with van der Waals surface area (Å²) in [6.07, 6.45) is 3.78. The first-order chi connectivity index (χ1) is 14.7. The molecule has 154 valence electrons. The number of carbonyl (C=O) groups is 2. The number of nitriles is 1. The van der Waals surface area contributed by atoms with Crippen molar-refractivity contribution in [3.05, 3.63) is 83.6 Å². The number of amides is 2. The van der Waals surface area contributed by atoms with Gasteiger partial charge in [0.15, 0.2) is 0 Å². The van der Waals surface area contributed by atoms with Gasteiger partial charge in [-0.3, -0.25) is 9.59 Å². The molecule has 1 fully saturated rings. The minimum atomic E-state index is -0.433. The lowest BCUT2D eigenvalue weighted by atomic mass is 9.98. The minimum Gasteiger partial charge on any atom is -0.390 e. The van der Waals surface area contributed by atoms with Crippen LogP contribution in [0.4, 0.5) is 0 Å². The maximum absolute atomic E-state index is 12.8. The van der Waals surface area contributed by atoms with Crippen molar-refractivity contribution in [3.8, 4) is 6.07 Å². The Morgan fingerprint density at radius 3 is 2.27 bits per heavy atom. The normalized spacial score (nSPS) is 13.9. The Kier molecular flexibility index (Phi) is 7.62. The first-order valence-electron chi connectivity index (χ1n) is 10.2. The number of benzene rings is 2. The molecule has 30 heavy (non-hydrogen) atoms. The highest BCUT2D eigenvalue weighted by atomic mass is 16.2. The van der Waals surface area contributed by atoms with Gasteiger partial charge in [-0.25, -0.2) is 0 Å². The molecule has 1 aliphatic rings. The number of nitrogens with one attached hydrogen (secondary N) is 2. The van der Waals surface area contributed by atoms with Gasteiger partial charge in [-0.05, 0) is 24.0 Å². The van der Waals surface area contributed by atoms with Crippen molar-refractivity contribution in [3.63, 3.8) is 0 Å². The first kappa shape index (κ1) is 21.1. The van der Waals surface area contributed by atoms with E-state index in [4.69, 9.17) is 0 Å². The van der Waals surface area contributed by atoms with Gasteiger partial charge in [0.2, 0.25) is 5.91 Å². The molecular weight excluding hydrogens is 376 g/mol. The first-order valence-corrected chi connectivity index (χ1v) is 10.2. The van der Waals surface area contributed by atoms with Gasteiger partial charge in [0.25, 0.3) is 5.91 Å². The monoisotopic (exact) mass is 402 g/mol. The average molecular weight is 402 g/mol. The van der Waals surface area contributed by atoms with Gasteiger partial charge in [-0.15, -0.1) is 0 Å². The van der Waals surface area contributed by atoms with E-state index in [1.807, 2.05) is 71.6 Å². The summed E-state index contributed by atoms with van der Waals surface area (Å²) in [5, 5.41) is 15.4. The van der Waals surface area contributed by atoms with Crippen molar-refractivity contribution < 1.29 is 9.59 Å². The van der Waals surface area contributed by atoms with Crippen molar-refractivity contribution in [2.24, 2.45) is 0 Å². The fraction of sp³-hybridized carbons (Fsp3) is 0.292. The van der Waals surface area contributed by atoms with Crippen LogP contribution in [-0.4, -0.2) is 36.3 Å². The Morgan fingerprint density at radius 1 is 1.10 bits per heavy atom. The van der Waals surface area contributed by atoms with Crippen molar-refractivity contribution in [2.45, 2.75) is 25.3 Å². The average Bonchev–Trinajstić information content (AvgIpc) is 3.20. The van der Waals surface area contributed by atoms with Gasteiger partial charge in [-0.1, -0.05) is 60.7 Å². The van der Waals surface area contributed by atoms with Gasteiger partial charge in [0.05, 0.1) is 6.04 Å². The molecule has 1 heterocycles. The number of rotatable bonds is 9. The van der Waals surface area contributed by atoms with Crippen LogP contribution in [0.25, 0.3) is 0 Å². The summed E-state index contributed by atoms with van der Waals surface area (Å²) in [4.78, 5) is 26.2. The van der Waals surface area contributed by atoms with Gasteiger partial charge in [0, 0.05) is 32.3 Å². The molecule has 0 aromatic heterocycles. The number of hydrogen-bond acceptors (Lipinski definition) is 4. The van der Waals surface area contributed by atoms with Crippen LogP contribution in [0.1, 0.15) is 36.4 Å². The molecule has 0 radical (unpaired) electrons. The highest BCUT2D eigenvalue weighted by Gasteiger charge is 2.20. The zero-order valence-corrected chi connectivity index (χ0v) is 16.9. The third kappa shape index (κ3) is 5.71. The second-order valence-corrected chi connectivity index (χ2v) is 7.19. The molecular formula is C24H26N4O2. The molecule has 2 aromatic rings. The lowest BCUT2D eigenvalue weighted by Crippen LogP contribution is -2.31. The van der Waals surface area contributed by atoms with E-state index in [1.54, 1.807) is 0 Å². The second kappa shape index (κ2) is 10.8. The van der Waals surface area contributed by atoms with E-state index in [-0.39, 0.29) is 17.5 Å². The van der Waals surface area contributed by atoms with E-state index in [2.05, 4.69) is 10.6 Å². The molecule has 2 amide bonds. The second-order valence-electron chi connectivity index (χ2n) is 7.19.